The molecule has 0 fully saturated rings. The number of nitrogens with zero attached hydrogens (tertiary/aromatic N) is 2. The lowest BCUT2D eigenvalue weighted by molar-refractivity contribution is 0.492. The summed E-state index contributed by atoms with van der Waals surface area (Å²) in [6.45, 7) is 8.88. The van der Waals surface area contributed by atoms with Crippen molar-refractivity contribution in [1.82, 2.24) is 9.55 Å². The van der Waals surface area contributed by atoms with E-state index in [0.29, 0.717) is 5.65 Å². The first-order valence-corrected chi connectivity index (χ1v) is 11.3. The topological polar surface area (TPSA) is 39.1 Å². The zero-order valence-corrected chi connectivity index (χ0v) is 16.4. The summed E-state index contributed by atoms with van der Waals surface area (Å²) in [4.78, 5) is 4.32. The highest BCUT2D eigenvalue weighted by atomic mass is 28.4. The quantitative estimate of drug-likeness (QED) is 0.609. The maximum atomic E-state index is 7.56. The van der Waals surface area contributed by atoms with E-state index in [1.807, 2.05) is 30.3 Å². The fourth-order valence-electron chi connectivity index (χ4n) is 2.31. The molecule has 2 aromatic heterocycles. The van der Waals surface area contributed by atoms with Gasteiger partial charge in [-0.25, -0.2) is 4.98 Å². The normalized spacial score (nSPS) is 14.7. The monoisotopic (exact) mass is 356 g/mol. The standard InChI is InChI=1S/C20H27N3OSi/c1-20(2,3)25(5,6)24-18-9-7-16(8-10-18)22-17-13-15-11-12-23(4)19(15)21-14-17/h7-14,22H,1-6H3/i4D3. The molecule has 5 heteroatoms. The molecule has 0 bridgehead atoms. The van der Waals surface area contributed by atoms with Crippen molar-refractivity contribution in [3.8, 4) is 5.75 Å². The summed E-state index contributed by atoms with van der Waals surface area (Å²) in [5.74, 6) is 0.875. The summed E-state index contributed by atoms with van der Waals surface area (Å²) in [7, 11) is -1.86. The van der Waals surface area contributed by atoms with Crippen LogP contribution in [0.4, 0.5) is 11.4 Å². The van der Waals surface area contributed by atoms with E-state index in [1.165, 1.54) is 4.57 Å². The minimum Gasteiger partial charge on any atom is -0.544 e. The van der Waals surface area contributed by atoms with Gasteiger partial charge in [-0.15, -0.1) is 0 Å². The molecule has 1 aromatic carbocycles. The Morgan fingerprint density at radius 1 is 1.12 bits per heavy atom. The van der Waals surface area contributed by atoms with Crippen molar-refractivity contribution in [2.75, 3.05) is 5.32 Å². The van der Waals surface area contributed by atoms with Gasteiger partial charge in [0.2, 0.25) is 8.32 Å². The summed E-state index contributed by atoms with van der Waals surface area (Å²) < 4.78 is 30.2. The van der Waals surface area contributed by atoms with Crippen molar-refractivity contribution in [2.24, 2.45) is 6.98 Å². The number of hydrogen-bond acceptors (Lipinski definition) is 3. The van der Waals surface area contributed by atoms with Crippen LogP contribution in [0.25, 0.3) is 11.0 Å². The summed E-state index contributed by atoms with van der Waals surface area (Å²) in [5, 5.41) is 4.23. The highest BCUT2D eigenvalue weighted by molar-refractivity contribution is 6.74. The second kappa shape index (κ2) is 6.22. The second-order valence-corrected chi connectivity index (χ2v) is 12.6. The lowest BCUT2D eigenvalue weighted by atomic mass is 10.2. The molecule has 132 valence electrons. The van der Waals surface area contributed by atoms with Gasteiger partial charge in [0.15, 0.2) is 0 Å². The maximum absolute atomic E-state index is 7.56. The van der Waals surface area contributed by atoms with Gasteiger partial charge in [0.05, 0.1) is 11.9 Å². The van der Waals surface area contributed by atoms with Crippen molar-refractivity contribution >= 4 is 30.7 Å². The number of pyridine rings is 1. The summed E-state index contributed by atoms with van der Waals surface area (Å²) in [6, 6.07) is 11.5. The Morgan fingerprint density at radius 3 is 2.48 bits per heavy atom. The molecule has 0 atom stereocenters. The van der Waals surface area contributed by atoms with Crippen LogP contribution >= 0.6 is 0 Å². The van der Waals surface area contributed by atoms with Gasteiger partial charge in [-0.1, -0.05) is 20.8 Å². The molecule has 0 aliphatic heterocycles. The summed E-state index contributed by atoms with van der Waals surface area (Å²) >= 11 is 0. The second-order valence-electron chi connectivity index (χ2n) is 7.83. The number of nitrogens with one attached hydrogen (secondary N) is 1. The Hall–Kier alpha value is -2.27. The molecule has 4 nitrogen and oxygen atoms in total. The van der Waals surface area contributed by atoms with Crippen LogP contribution in [0.15, 0.2) is 48.8 Å². The van der Waals surface area contributed by atoms with E-state index >= 15 is 0 Å². The maximum Gasteiger partial charge on any atom is 0.250 e. The number of anilines is 2. The molecule has 3 rings (SSSR count). The minimum absolute atomic E-state index is 0.149. The lowest BCUT2D eigenvalue weighted by Gasteiger charge is -2.36. The summed E-state index contributed by atoms with van der Waals surface area (Å²) in [5.41, 5.74) is 2.16. The van der Waals surface area contributed by atoms with Crippen molar-refractivity contribution in [1.29, 1.82) is 0 Å². The van der Waals surface area contributed by atoms with Gasteiger partial charge in [-0.05, 0) is 54.5 Å². The molecule has 1 N–H and O–H groups in total. The Morgan fingerprint density at radius 2 is 1.84 bits per heavy atom. The number of aryl methyl sites for hydroxylation is 1. The molecule has 2 heterocycles. The zero-order valence-electron chi connectivity index (χ0n) is 18.4. The molecule has 3 aromatic rings. The molecule has 0 saturated heterocycles. The Kier molecular flexibility index (Phi) is 3.47. The summed E-state index contributed by atoms with van der Waals surface area (Å²) in [6.07, 6.45) is 3.19. The Labute approximate surface area is 155 Å². The third-order valence-corrected chi connectivity index (χ3v) is 9.21. The number of benzene rings is 1. The van der Waals surface area contributed by atoms with E-state index in [-0.39, 0.29) is 5.04 Å². The van der Waals surface area contributed by atoms with Gasteiger partial charge in [0, 0.05) is 28.4 Å². The molecular formula is C20H27N3OSi. The zero-order chi connectivity index (χ0) is 20.7. The number of hydrogen-bond donors (Lipinski definition) is 1. The van der Waals surface area contributed by atoms with Crippen molar-refractivity contribution < 1.29 is 8.54 Å². The third-order valence-electron chi connectivity index (χ3n) is 4.85. The highest BCUT2D eigenvalue weighted by Crippen LogP contribution is 2.37. The van der Waals surface area contributed by atoms with Crippen molar-refractivity contribution in [2.45, 2.75) is 38.9 Å². The number of aromatic nitrogens is 2. The van der Waals surface area contributed by atoms with Crippen LogP contribution in [0.2, 0.25) is 18.1 Å². The molecule has 0 amide bonds. The van der Waals surface area contributed by atoms with Gasteiger partial charge in [0.1, 0.15) is 11.4 Å². The Balaban J connectivity index is 1.76. The van der Waals surface area contributed by atoms with E-state index in [2.05, 4.69) is 44.2 Å². The largest absolute Gasteiger partial charge is 0.544 e. The van der Waals surface area contributed by atoms with Crippen LogP contribution in [0, 0.1) is 0 Å². The van der Waals surface area contributed by atoms with Crippen LogP contribution in [-0.2, 0) is 6.98 Å². The van der Waals surface area contributed by atoms with Crippen LogP contribution in [0.3, 0.4) is 0 Å². The van der Waals surface area contributed by atoms with E-state index < -0.39 is 15.3 Å². The molecule has 0 aliphatic carbocycles. The van der Waals surface area contributed by atoms with Crippen molar-refractivity contribution in [3.05, 3.63) is 48.8 Å². The molecule has 25 heavy (non-hydrogen) atoms. The minimum atomic E-state index is -2.23. The van der Waals surface area contributed by atoms with Crippen LogP contribution in [-0.4, -0.2) is 17.9 Å². The van der Waals surface area contributed by atoms with Gasteiger partial charge in [-0.3, -0.25) is 0 Å². The van der Waals surface area contributed by atoms with E-state index in [9.17, 15) is 0 Å². The number of fused-ring (bicyclic) bond motifs is 1. The smallest absolute Gasteiger partial charge is 0.250 e. The van der Waals surface area contributed by atoms with Crippen LogP contribution < -0.4 is 9.74 Å². The SMILES string of the molecule is [2H]C([2H])([2H])n1ccc2cc(Nc3ccc(O[Si](C)(C)C(C)(C)C)cc3)cnc21. The van der Waals surface area contributed by atoms with Gasteiger partial charge >= 0.3 is 0 Å². The van der Waals surface area contributed by atoms with Crippen LogP contribution in [0.5, 0.6) is 5.75 Å². The predicted octanol–water partition coefficient (Wildman–Crippen LogP) is 5.70. The van der Waals surface area contributed by atoms with Gasteiger partial charge in [0.25, 0.3) is 0 Å². The van der Waals surface area contributed by atoms with Crippen molar-refractivity contribution in [3.63, 3.8) is 0 Å². The van der Waals surface area contributed by atoms with E-state index in [1.54, 1.807) is 18.5 Å². The van der Waals surface area contributed by atoms with Gasteiger partial charge < -0.3 is 14.3 Å². The van der Waals surface area contributed by atoms with E-state index in [4.69, 9.17) is 8.54 Å². The third kappa shape index (κ3) is 3.71. The highest BCUT2D eigenvalue weighted by Gasteiger charge is 2.38. The molecule has 0 radical (unpaired) electrons. The Bertz CT molecular complexity index is 973. The number of rotatable bonds is 4. The van der Waals surface area contributed by atoms with E-state index in [0.717, 1.165) is 22.5 Å². The predicted molar refractivity (Wildman–Crippen MR) is 108 cm³/mol. The first kappa shape index (κ1) is 14.0. The average Bonchev–Trinajstić information content (AvgIpc) is 2.99. The lowest BCUT2D eigenvalue weighted by Crippen LogP contribution is -2.43. The van der Waals surface area contributed by atoms with Crippen LogP contribution in [0.1, 0.15) is 24.9 Å². The first-order valence-electron chi connectivity index (χ1n) is 9.90. The first-order chi connectivity index (χ1) is 12.9. The fraction of sp³-hybridized carbons (Fsp3) is 0.350. The van der Waals surface area contributed by atoms with Gasteiger partial charge in [-0.2, -0.15) is 0 Å². The average molecular weight is 357 g/mol. The molecule has 0 spiro atoms. The molecular weight excluding hydrogens is 326 g/mol. The molecule has 0 unspecified atom stereocenters. The fourth-order valence-corrected chi connectivity index (χ4v) is 3.34. The molecule has 0 saturated carbocycles. The molecule has 0 aliphatic rings.